The van der Waals surface area contributed by atoms with E-state index in [9.17, 15) is 9.59 Å². The number of halogens is 1. The Morgan fingerprint density at radius 3 is 2.79 bits per heavy atom. The number of nitrogens with one attached hydrogen (secondary N) is 2. The van der Waals surface area contributed by atoms with E-state index in [1.807, 2.05) is 0 Å². The van der Waals surface area contributed by atoms with Crippen LogP contribution < -0.4 is 10.6 Å². The van der Waals surface area contributed by atoms with Crippen molar-refractivity contribution in [1.29, 1.82) is 0 Å². The van der Waals surface area contributed by atoms with Gasteiger partial charge in [-0.3, -0.25) is 4.79 Å². The molecule has 0 radical (unpaired) electrons. The van der Waals surface area contributed by atoms with E-state index < -0.39 is 5.97 Å². The van der Waals surface area contributed by atoms with Crippen molar-refractivity contribution < 1.29 is 14.7 Å². The van der Waals surface area contributed by atoms with Gasteiger partial charge in [0, 0.05) is 16.7 Å². The zero-order chi connectivity index (χ0) is 13.8. The van der Waals surface area contributed by atoms with Gasteiger partial charge in [-0.25, -0.2) is 4.79 Å². The maximum atomic E-state index is 12.0. The van der Waals surface area contributed by atoms with Crippen LogP contribution in [0.15, 0.2) is 22.7 Å². The lowest BCUT2D eigenvalue weighted by Gasteiger charge is -2.22. The van der Waals surface area contributed by atoms with Crippen molar-refractivity contribution in [3.63, 3.8) is 0 Å². The molecule has 0 saturated carbocycles. The molecule has 1 heterocycles. The zero-order valence-corrected chi connectivity index (χ0v) is 11.9. The van der Waals surface area contributed by atoms with Crippen LogP contribution in [0, 0.1) is 5.92 Å². The summed E-state index contributed by atoms with van der Waals surface area (Å²) in [6, 6.07) is 4.65. The van der Waals surface area contributed by atoms with Crippen molar-refractivity contribution in [1.82, 2.24) is 5.32 Å². The third-order valence-corrected chi connectivity index (χ3v) is 3.54. The first-order valence-electron chi connectivity index (χ1n) is 6.12. The molecule has 3 N–H and O–H groups in total. The first-order valence-corrected chi connectivity index (χ1v) is 6.91. The van der Waals surface area contributed by atoms with Crippen molar-refractivity contribution >= 4 is 33.5 Å². The monoisotopic (exact) mass is 326 g/mol. The lowest BCUT2D eigenvalue weighted by atomic mass is 9.99. The number of carbonyl (C=O) groups is 2. The third-order valence-electron chi connectivity index (χ3n) is 3.08. The SMILES string of the molecule is O=C(O)c1cc(Br)cc(NC(=O)C2CCCNC2)c1. The molecular weight excluding hydrogens is 312 g/mol. The average Bonchev–Trinajstić information content (AvgIpc) is 2.39. The maximum absolute atomic E-state index is 12.0. The molecule has 1 aliphatic rings. The highest BCUT2D eigenvalue weighted by Crippen LogP contribution is 2.21. The molecule has 0 aromatic heterocycles. The van der Waals surface area contributed by atoms with Gasteiger partial charge in [0.05, 0.1) is 11.5 Å². The average molecular weight is 327 g/mol. The summed E-state index contributed by atoms with van der Waals surface area (Å²) in [7, 11) is 0. The number of hydrogen-bond donors (Lipinski definition) is 3. The van der Waals surface area contributed by atoms with Gasteiger partial charge in [0.15, 0.2) is 0 Å². The maximum Gasteiger partial charge on any atom is 0.335 e. The van der Waals surface area contributed by atoms with Gasteiger partial charge in [-0.1, -0.05) is 15.9 Å². The molecule has 0 spiro atoms. The van der Waals surface area contributed by atoms with E-state index >= 15 is 0 Å². The van der Waals surface area contributed by atoms with Gasteiger partial charge in [0.25, 0.3) is 0 Å². The Hall–Kier alpha value is -1.40. The van der Waals surface area contributed by atoms with Crippen LogP contribution in [0.5, 0.6) is 0 Å². The fourth-order valence-corrected chi connectivity index (χ4v) is 2.60. The number of benzene rings is 1. The highest BCUT2D eigenvalue weighted by atomic mass is 79.9. The van der Waals surface area contributed by atoms with Gasteiger partial charge < -0.3 is 15.7 Å². The Kier molecular flexibility index (Phi) is 4.55. The Morgan fingerprint density at radius 1 is 1.37 bits per heavy atom. The molecule has 2 rings (SSSR count). The summed E-state index contributed by atoms with van der Waals surface area (Å²) in [5.74, 6) is -1.14. The van der Waals surface area contributed by atoms with Gasteiger partial charge in [-0.15, -0.1) is 0 Å². The number of carboxylic acid groups (broad SMARTS) is 1. The summed E-state index contributed by atoms with van der Waals surface area (Å²) < 4.78 is 0.629. The van der Waals surface area contributed by atoms with Crippen molar-refractivity contribution in [2.75, 3.05) is 18.4 Å². The van der Waals surface area contributed by atoms with Crippen LogP contribution in [0.2, 0.25) is 0 Å². The number of piperidine rings is 1. The molecule has 1 aromatic carbocycles. The van der Waals surface area contributed by atoms with Crippen LogP contribution >= 0.6 is 15.9 Å². The predicted molar refractivity (Wildman–Crippen MR) is 75.3 cm³/mol. The van der Waals surface area contributed by atoms with Gasteiger partial charge in [0.2, 0.25) is 5.91 Å². The van der Waals surface area contributed by atoms with Crippen LogP contribution in [0.25, 0.3) is 0 Å². The number of anilines is 1. The molecule has 5 nitrogen and oxygen atoms in total. The topological polar surface area (TPSA) is 78.4 Å². The number of rotatable bonds is 3. The molecule has 1 saturated heterocycles. The van der Waals surface area contributed by atoms with Crippen LogP contribution in [-0.4, -0.2) is 30.1 Å². The first kappa shape index (κ1) is 14.0. The summed E-state index contributed by atoms with van der Waals surface area (Å²) in [5, 5.41) is 14.9. The van der Waals surface area contributed by atoms with Crippen molar-refractivity contribution in [2.24, 2.45) is 5.92 Å². The Balaban J connectivity index is 2.09. The van der Waals surface area contributed by atoms with Crippen molar-refractivity contribution in [2.45, 2.75) is 12.8 Å². The molecule has 0 aliphatic carbocycles. The smallest absolute Gasteiger partial charge is 0.335 e. The zero-order valence-electron chi connectivity index (χ0n) is 10.3. The van der Waals surface area contributed by atoms with E-state index in [-0.39, 0.29) is 17.4 Å². The van der Waals surface area contributed by atoms with E-state index in [0.717, 1.165) is 19.4 Å². The molecule has 1 amide bonds. The summed E-state index contributed by atoms with van der Waals surface area (Å²) in [5.41, 5.74) is 0.647. The van der Waals surface area contributed by atoms with Crippen LogP contribution in [0.3, 0.4) is 0 Å². The molecule has 0 bridgehead atoms. The van der Waals surface area contributed by atoms with Gasteiger partial charge in [-0.05, 0) is 37.6 Å². The van der Waals surface area contributed by atoms with Crippen molar-refractivity contribution in [3.05, 3.63) is 28.2 Å². The van der Waals surface area contributed by atoms with Crippen LogP contribution in [-0.2, 0) is 4.79 Å². The van der Waals surface area contributed by atoms with E-state index in [0.29, 0.717) is 16.7 Å². The second-order valence-corrected chi connectivity index (χ2v) is 5.48. The minimum atomic E-state index is -1.02. The normalized spacial score (nSPS) is 18.9. The second-order valence-electron chi connectivity index (χ2n) is 4.57. The minimum Gasteiger partial charge on any atom is -0.478 e. The third kappa shape index (κ3) is 3.78. The molecule has 1 unspecified atom stereocenters. The molecule has 1 aliphatic heterocycles. The summed E-state index contributed by atoms with van der Waals surface area (Å²) in [4.78, 5) is 23.0. The Morgan fingerprint density at radius 2 is 2.16 bits per heavy atom. The number of aromatic carboxylic acids is 1. The lowest BCUT2D eigenvalue weighted by molar-refractivity contribution is -0.120. The first-order chi connectivity index (χ1) is 9.06. The highest BCUT2D eigenvalue weighted by molar-refractivity contribution is 9.10. The molecule has 1 fully saturated rings. The minimum absolute atomic E-state index is 0.0546. The van der Waals surface area contributed by atoms with Crippen LogP contribution in [0.4, 0.5) is 5.69 Å². The molecule has 102 valence electrons. The number of carbonyl (C=O) groups excluding carboxylic acids is 1. The Labute approximate surface area is 119 Å². The van der Waals surface area contributed by atoms with E-state index in [1.54, 1.807) is 6.07 Å². The summed E-state index contributed by atoms with van der Waals surface area (Å²) in [6.45, 7) is 1.62. The Bertz CT molecular complexity index is 499. The molecule has 6 heteroatoms. The van der Waals surface area contributed by atoms with E-state index in [1.165, 1.54) is 12.1 Å². The van der Waals surface area contributed by atoms with Gasteiger partial charge >= 0.3 is 5.97 Å². The van der Waals surface area contributed by atoms with Crippen LogP contribution in [0.1, 0.15) is 23.2 Å². The second kappa shape index (κ2) is 6.16. The number of carboxylic acids is 1. The van der Waals surface area contributed by atoms with Gasteiger partial charge in [-0.2, -0.15) is 0 Å². The number of hydrogen-bond acceptors (Lipinski definition) is 3. The summed E-state index contributed by atoms with van der Waals surface area (Å²) in [6.07, 6.45) is 1.84. The predicted octanol–water partition coefficient (Wildman–Crippen LogP) is 2.09. The van der Waals surface area contributed by atoms with Gasteiger partial charge in [0.1, 0.15) is 0 Å². The number of amides is 1. The van der Waals surface area contributed by atoms with E-state index in [4.69, 9.17) is 5.11 Å². The molecule has 19 heavy (non-hydrogen) atoms. The highest BCUT2D eigenvalue weighted by Gasteiger charge is 2.21. The quantitative estimate of drug-likeness (QED) is 0.794. The standard InChI is InChI=1S/C13H15BrN2O3/c14-10-4-9(13(18)19)5-11(6-10)16-12(17)8-2-1-3-15-7-8/h4-6,8,15H,1-3,7H2,(H,16,17)(H,18,19). The largest absolute Gasteiger partial charge is 0.478 e. The molecular formula is C13H15BrN2O3. The lowest BCUT2D eigenvalue weighted by Crippen LogP contribution is -2.37. The van der Waals surface area contributed by atoms with Crippen molar-refractivity contribution in [3.8, 4) is 0 Å². The summed E-state index contributed by atoms with van der Waals surface area (Å²) >= 11 is 3.24. The molecule has 1 aromatic rings. The molecule has 1 atom stereocenters. The van der Waals surface area contributed by atoms with E-state index in [2.05, 4.69) is 26.6 Å². The fraction of sp³-hybridized carbons (Fsp3) is 0.385. The fourth-order valence-electron chi connectivity index (χ4n) is 2.11.